The molecule has 0 fully saturated rings. The molecule has 0 aliphatic carbocycles. The van der Waals surface area contributed by atoms with Crippen LogP contribution in [-0.2, 0) is 0 Å². The van der Waals surface area contributed by atoms with Crippen LogP contribution in [0.4, 0.5) is 0 Å². The largest absolute Gasteiger partial charge is 0.393 e. The molecule has 0 aliphatic heterocycles. The van der Waals surface area contributed by atoms with Gasteiger partial charge in [0.2, 0.25) is 0 Å². The molecule has 0 aromatic heterocycles. The van der Waals surface area contributed by atoms with Gasteiger partial charge in [-0.1, -0.05) is 49.5 Å². The smallest absolute Gasteiger partial charge is 0.0746 e. The number of thiocarbonyl (C=S) groups is 1. The summed E-state index contributed by atoms with van der Waals surface area (Å²) < 4.78 is 0. The van der Waals surface area contributed by atoms with Crippen LogP contribution in [0.5, 0.6) is 0 Å². The minimum atomic E-state index is 0.281. The molecule has 0 bridgehead atoms. The Hall–Kier alpha value is -0.930. The standard InChI is InChI=1S/C14H22N2S/c1-4-11(2)16(3)13(10-14(15)17)12-8-6-5-7-9-12/h5-9,11,13H,4,10H2,1-3H3,(H2,15,17). The van der Waals surface area contributed by atoms with E-state index in [0.717, 1.165) is 12.8 Å². The lowest BCUT2D eigenvalue weighted by atomic mass is 10.0. The van der Waals surface area contributed by atoms with Gasteiger partial charge < -0.3 is 5.73 Å². The Morgan fingerprint density at radius 2 is 1.94 bits per heavy atom. The van der Waals surface area contributed by atoms with Gasteiger partial charge in [-0.15, -0.1) is 0 Å². The molecule has 2 nitrogen and oxygen atoms in total. The monoisotopic (exact) mass is 250 g/mol. The highest BCUT2D eigenvalue weighted by atomic mass is 32.1. The van der Waals surface area contributed by atoms with Gasteiger partial charge in [0.1, 0.15) is 0 Å². The molecule has 94 valence electrons. The summed E-state index contributed by atoms with van der Waals surface area (Å²) in [7, 11) is 2.14. The van der Waals surface area contributed by atoms with E-state index in [0.29, 0.717) is 11.0 Å². The molecule has 2 unspecified atom stereocenters. The third-order valence-corrected chi connectivity index (χ3v) is 3.52. The van der Waals surface area contributed by atoms with Gasteiger partial charge in [0.15, 0.2) is 0 Å². The maximum atomic E-state index is 5.71. The number of hydrogen-bond acceptors (Lipinski definition) is 2. The number of hydrogen-bond donors (Lipinski definition) is 1. The lowest BCUT2D eigenvalue weighted by molar-refractivity contribution is 0.184. The quantitative estimate of drug-likeness (QED) is 0.787. The van der Waals surface area contributed by atoms with Gasteiger partial charge in [0, 0.05) is 18.5 Å². The van der Waals surface area contributed by atoms with E-state index in [1.807, 2.05) is 6.07 Å². The first kappa shape index (κ1) is 14.1. The van der Waals surface area contributed by atoms with Crippen molar-refractivity contribution in [2.24, 2.45) is 5.73 Å². The molecule has 3 heteroatoms. The highest BCUT2D eigenvalue weighted by molar-refractivity contribution is 7.80. The summed E-state index contributed by atoms with van der Waals surface area (Å²) in [4.78, 5) is 2.93. The van der Waals surface area contributed by atoms with E-state index < -0.39 is 0 Å². The lowest BCUT2D eigenvalue weighted by Gasteiger charge is -2.33. The molecule has 17 heavy (non-hydrogen) atoms. The van der Waals surface area contributed by atoms with Crippen LogP contribution < -0.4 is 5.73 Å². The van der Waals surface area contributed by atoms with E-state index in [4.69, 9.17) is 18.0 Å². The second kappa shape index (κ2) is 6.72. The first-order valence-electron chi connectivity index (χ1n) is 6.11. The van der Waals surface area contributed by atoms with E-state index in [1.165, 1.54) is 5.56 Å². The summed E-state index contributed by atoms with van der Waals surface area (Å²) >= 11 is 5.06. The van der Waals surface area contributed by atoms with Crippen molar-refractivity contribution in [3.63, 3.8) is 0 Å². The van der Waals surface area contributed by atoms with Crippen molar-refractivity contribution >= 4 is 17.2 Å². The van der Waals surface area contributed by atoms with Crippen molar-refractivity contribution < 1.29 is 0 Å². The fourth-order valence-corrected chi connectivity index (χ4v) is 2.12. The molecule has 0 aliphatic rings. The van der Waals surface area contributed by atoms with Gasteiger partial charge in [-0.3, -0.25) is 4.90 Å². The van der Waals surface area contributed by atoms with Gasteiger partial charge in [-0.25, -0.2) is 0 Å². The second-order valence-corrected chi connectivity index (χ2v) is 5.04. The molecule has 0 radical (unpaired) electrons. The van der Waals surface area contributed by atoms with E-state index in [9.17, 15) is 0 Å². The van der Waals surface area contributed by atoms with Crippen LogP contribution in [0.15, 0.2) is 30.3 Å². The maximum absolute atomic E-state index is 5.71. The summed E-state index contributed by atoms with van der Waals surface area (Å²) in [5.41, 5.74) is 7.00. The van der Waals surface area contributed by atoms with Crippen molar-refractivity contribution in [3.8, 4) is 0 Å². The van der Waals surface area contributed by atoms with E-state index in [-0.39, 0.29) is 6.04 Å². The highest BCUT2D eigenvalue weighted by Gasteiger charge is 2.21. The fraction of sp³-hybridized carbons (Fsp3) is 0.500. The van der Waals surface area contributed by atoms with Crippen LogP contribution in [0.1, 0.15) is 38.3 Å². The van der Waals surface area contributed by atoms with Crippen LogP contribution in [0, 0.1) is 0 Å². The predicted octanol–water partition coefficient (Wildman–Crippen LogP) is 3.13. The second-order valence-electron chi connectivity index (χ2n) is 4.52. The van der Waals surface area contributed by atoms with Crippen LogP contribution in [0.2, 0.25) is 0 Å². The number of nitrogens with zero attached hydrogens (tertiary/aromatic N) is 1. The zero-order valence-corrected chi connectivity index (χ0v) is 11.7. The first-order chi connectivity index (χ1) is 8.06. The van der Waals surface area contributed by atoms with Crippen LogP contribution in [0.25, 0.3) is 0 Å². The molecule has 1 aromatic rings. The van der Waals surface area contributed by atoms with Crippen LogP contribution >= 0.6 is 12.2 Å². The fourth-order valence-electron chi connectivity index (χ4n) is 1.96. The Bertz CT molecular complexity index is 350. The van der Waals surface area contributed by atoms with E-state index in [1.54, 1.807) is 0 Å². The molecule has 2 N–H and O–H groups in total. The van der Waals surface area contributed by atoms with Gasteiger partial charge in [-0.05, 0) is 26.0 Å². The molecule has 0 saturated heterocycles. The minimum Gasteiger partial charge on any atom is -0.393 e. The average molecular weight is 250 g/mol. The predicted molar refractivity (Wildman–Crippen MR) is 78.1 cm³/mol. The number of rotatable bonds is 6. The van der Waals surface area contributed by atoms with Gasteiger partial charge >= 0.3 is 0 Å². The summed E-state index contributed by atoms with van der Waals surface area (Å²) in [6.07, 6.45) is 1.86. The van der Waals surface area contributed by atoms with Crippen molar-refractivity contribution in [3.05, 3.63) is 35.9 Å². The molecular weight excluding hydrogens is 228 g/mol. The molecule has 0 heterocycles. The molecule has 0 saturated carbocycles. The molecular formula is C14H22N2S. The Balaban J connectivity index is 2.91. The van der Waals surface area contributed by atoms with Gasteiger partial charge in [0.05, 0.1) is 4.99 Å². The minimum absolute atomic E-state index is 0.281. The highest BCUT2D eigenvalue weighted by Crippen LogP contribution is 2.25. The Morgan fingerprint density at radius 1 is 1.35 bits per heavy atom. The van der Waals surface area contributed by atoms with Crippen molar-refractivity contribution in [2.75, 3.05) is 7.05 Å². The Morgan fingerprint density at radius 3 is 2.41 bits per heavy atom. The van der Waals surface area contributed by atoms with Crippen LogP contribution in [0.3, 0.4) is 0 Å². The van der Waals surface area contributed by atoms with E-state index in [2.05, 4.69) is 50.1 Å². The maximum Gasteiger partial charge on any atom is 0.0746 e. The Labute approximate surface area is 110 Å². The summed E-state index contributed by atoms with van der Waals surface area (Å²) in [6, 6.07) is 11.2. The zero-order valence-electron chi connectivity index (χ0n) is 10.9. The summed E-state index contributed by atoms with van der Waals surface area (Å²) in [6.45, 7) is 4.43. The average Bonchev–Trinajstić information content (AvgIpc) is 2.35. The zero-order chi connectivity index (χ0) is 12.8. The van der Waals surface area contributed by atoms with Crippen molar-refractivity contribution in [1.82, 2.24) is 4.90 Å². The summed E-state index contributed by atoms with van der Waals surface area (Å²) in [5, 5.41) is 0. The first-order valence-corrected chi connectivity index (χ1v) is 6.52. The molecule has 0 amide bonds. The number of benzene rings is 1. The molecule has 2 atom stereocenters. The summed E-state index contributed by atoms with van der Waals surface area (Å²) in [5.74, 6) is 0. The lowest BCUT2D eigenvalue weighted by Crippen LogP contribution is -2.34. The van der Waals surface area contributed by atoms with Gasteiger partial charge in [-0.2, -0.15) is 0 Å². The Kier molecular flexibility index (Phi) is 5.59. The van der Waals surface area contributed by atoms with Crippen molar-refractivity contribution in [2.45, 2.75) is 38.8 Å². The van der Waals surface area contributed by atoms with Crippen LogP contribution in [-0.4, -0.2) is 23.0 Å². The molecule has 1 aromatic carbocycles. The van der Waals surface area contributed by atoms with E-state index >= 15 is 0 Å². The topological polar surface area (TPSA) is 29.3 Å². The van der Waals surface area contributed by atoms with Gasteiger partial charge in [0.25, 0.3) is 0 Å². The third kappa shape index (κ3) is 4.10. The normalized spacial score (nSPS) is 14.6. The SMILES string of the molecule is CCC(C)N(C)C(CC(N)=S)c1ccccc1. The molecule has 1 rings (SSSR count). The number of nitrogens with two attached hydrogens (primary N) is 1. The third-order valence-electron chi connectivity index (χ3n) is 3.36. The molecule has 0 spiro atoms. The van der Waals surface area contributed by atoms with Crippen molar-refractivity contribution in [1.29, 1.82) is 0 Å².